The highest BCUT2D eigenvalue weighted by atomic mass is 16.1. The van der Waals surface area contributed by atoms with Gasteiger partial charge in [0.05, 0.1) is 17.3 Å². The third kappa shape index (κ3) is 3.83. The molecule has 4 nitrogen and oxygen atoms in total. The van der Waals surface area contributed by atoms with Crippen LogP contribution in [-0.2, 0) is 0 Å². The molecule has 0 bridgehead atoms. The summed E-state index contributed by atoms with van der Waals surface area (Å²) < 4.78 is 0. The molecule has 1 amide bonds. The number of carbonyl (C=O) groups excluding carboxylic acids is 2. The van der Waals surface area contributed by atoms with Crippen LogP contribution in [0.15, 0.2) is 36.4 Å². The molecule has 0 fully saturated rings. The Morgan fingerprint density at radius 3 is 2.30 bits per heavy atom. The predicted octanol–water partition coefficient (Wildman–Crippen LogP) is 3.78. The van der Waals surface area contributed by atoms with E-state index in [2.05, 4.69) is 10.3 Å². The van der Waals surface area contributed by atoms with Gasteiger partial charge in [0.25, 0.3) is 5.91 Å². The topological polar surface area (TPSA) is 59.1 Å². The van der Waals surface area contributed by atoms with Gasteiger partial charge in [-0.1, -0.05) is 37.3 Å². The number of hydrogen-bond acceptors (Lipinski definition) is 3. The maximum Gasteiger partial charge on any atom is 0.253 e. The van der Waals surface area contributed by atoms with E-state index in [0.717, 1.165) is 5.56 Å². The van der Waals surface area contributed by atoms with Crippen LogP contribution in [0, 0.1) is 13.8 Å². The Labute approximate surface area is 137 Å². The molecule has 0 spiro atoms. The fourth-order valence-electron chi connectivity index (χ4n) is 2.53. The first-order valence-corrected chi connectivity index (χ1v) is 7.81. The second kappa shape index (κ2) is 7.18. The van der Waals surface area contributed by atoms with Gasteiger partial charge in [0.15, 0.2) is 5.78 Å². The average Bonchev–Trinajstić information content (AvgIpc) is 2.54. The lowest BCUT2D eigenvalue weighted by Crippen LogP contribution is -2.28. The number of amides is 1. The Bertz CT molecular complexity index is 724. The van der Waals surface area contributed by atoms with Crippen LogP contribution in [0.5, 0.6) is 0 Å². The molecule has 0 aliphatic rings. The summed E-state index contributed by atoms with van der Waals surface area (Å²) in [7, 11) is 0. The minimum absolute atomic E-state index is 0.000146. The van der Waals surface area contributed by atoms with Gasteiger partial charge in [0.2, 0.25) is 0 Å². The van der Waals surface area contributed by atoms with Crippen LogP contribution in [0.1, 0.15) is 64.0 Å². The number of ketones is 1. The molecule has 0 aliphatic heterocycles. The first kappa shape index (κ1) is 16.9. The molecule has 1 aromatic carbocycles. The number of aryl methyl sites for hydroxylation is 2. The number of benzene rings is 1. The molecule has 0 aliphatic carbocycles. The SMILES string of the molecule is CCC(=O)c1cc(C(=O)N[C@@H](C)c2ccccc2)c(C)nc1C. The number of hydrogen-bond donors (Lipinski definition) is 1. The Morgan fingerprint density at radius 2 is 1.70 bits per heavy atom. The molecule has 0 radical (unpaired) electrons. The highest BCUT2D eigenvalue weighted by Crippen LogP contribution is 2.17. The molecule has 1 atom stereocenters. The van der Waals surface area contributed by atoms with Crippen LogP contribution in [0.2, 0.25) is 0 Å². The fourth-order valence-corrected chi connectivity index (χ4v) is 2.53. The highest BCUT2D eigenvalue weighted by Gasteiger charge is 2.18. The van der Waals surface area contributed by atoms with Crippen molar-refractivity contribution < 1.29 is 9.59 Å². The smallest absolute Gasteiger partial charge is 0.253 e. The van der Waals surface area contributed by atoms with E-state index >= 15 is 0 Å². The van der Waals surface area contributed by atoms with Crippen molar-refractivity contribution in [2.75, 3.05) is 0 Å². The summed E-state index contributed by atoms with van der Waals surface area (Å²) in [6, 6.07) is 11.3. The van der Waals surface area contributed by atoms with Crippen molar-refractivity contribution in [2.24, 2.45) is 0 Å². The Hall–Kier alpha value is -2.49. The lowest BCUT2D eigenvalue weighted by Gasteiger charge is -2.16. The molecule has 2 rings (SSSR count). The van der Waals surface area contributed by atoms with E-state index in [0.29, 0.717) is 28.9 Å². The van der Waals surface area contributed by atoms with Crippen LogP contribution >= 0.6 is 0 Å². The first-order chi connectivity index (χ1) is 10.9. The molecular formula is C19H22N2O2. The maximum absolute atomic E-state index is 12.6. The van der Waals surface area contributed by atoms with E-state index in [9.17, 15) is 9.59 Å². The molecule has 4 heteroatoms. The summed E-state index contributed by atoms with van der Waals surface area (Å²) in [5, 5.41) is 2.97. The van der Waals surface area contributed by atoms with Gasteiger partial charge in [0, 0.05) is 17.7 Å². The molecule has 23 heavy (non-hydrogen) atoms. The Kier molecular flexibility index (Phi) is 5.27. The van der Waals surface area contributed by atoms with Crippen LogP contribution in [0.25, 0.3) is 0 Å². The third-order valence-corrected chi connectivity index (χ3v) is 3.92. The summed E-state index contributed by atoms with van der Waals surface area (Å²) in [5.74, 6) is -0.211. The number of nitrogens with zero attached hydrogens (tertiary/aromatic N) is 1. The predicted molar refractivity (Wildman–Crippen MR) is 90.7 cm³/mol. The fraction of sp³-hybridized carbons (Fsp3) is 0.316. The van der Waals surface area contributed by atoms with Gasteiger partial charge in [-0.2, -0.15) is 0 Å². The molecule has 1 heterocycles. The van der Waals surface area contributed by atoms with Crippen molar-refractivity contribution in [3.05, 3.63) is 64.5 Å². The Morgan fingerprint density at radius 1 is 1.09 bits per heavy atom. The zero-order valence-corrected chi connectivity index (χ0v) is 14.0. The quantitative estimate of drug-likeness (QED) is 0.855. The van der Waals surface area contributed by atoms with Crippen molar-refractivity contribution in [3.8, 4) is 0 Å². The lowest BCUT2D eigenvalue weighted by molar-refractivity contribution is 0.0939. The van der Waals surface area contributed by atoms with Crippen molar-refractivity contribution in [2.45, 2.75) is 40.2 Å². The maximum atomic E-state index is 12.6. The zero-order valence-electron chi connectivity index (χ0n) is 14.0. The molecule has 120 valence electrons. The number of Topliss-reactive ketones (excluding diaryl/α,β-unsaturated/α-hetero) is 1. The lowest BCUT2D eigenvalue weighted by atomic mass is 10.0. The summed E-state index contributed by atoms with van der Waals surface area (Å²) in [4.78, 5) is 28.9. The second-order valence-corrected chi connectivity index (χ2v) is 5.64. The van der Waals surface area contributed by atoms with Gasteiger partial charge >= 0.3 is 0 Å². The third-order valence-electron chi connectivity index (χ3n) is 3.92. The van der Waals surface area contributed by atoms with E-state index in [1.54, 1.807) is 26.8 Å². The minimum atomic E-state index is -0.212. The van der Waals surface area contributed by atoms with E-state index in [4.69, 9.17) is 0 Å². The first-order valence-electron chi connectivity index (χ1n) is 7.81. The monoisotopic (exact) mass is 310 g/mol. The van der Waals surface area contributed by atoms with Gasteiger partial charge in [0.1, 0.15) is 0 Å². The van der Waals surface area contributed by atoms with Gasteiger partial charge in [-0.3, -0.25) is 14.6 Å². The highest BCUT2D eigenvalue weighted by molar-refractivity contribution is 6.01. The van der Waals surface area contributed by atoms with Crippen molar-refractivity contribution >= 4 is 11.7 Å². The number of aromatic nitrogens is 1. The number of rotatable bonds is 5. The molecule has 0 saturated carbocycles. The average molecular weight is 310 g/mol. The standard InChI is InChI=1S/C19H22N2O2/c1-5-18(22)16-11-17(14(4)20-13(16)3)19(23)21-12(2)15-9-7-6-8-10-15/h6-12H,5H2,1-4H3,(H,21,23)/t12-/m0/s1. The molecule has 0 unspecified atom stereocenters. The normalized spacial score (nSPS) is 11.8. The molecule has 0 saturated heterocycles. The van der Waals surface area contributed by atoms with Crippen molar-refractivity contribution in [1.82, 2.24) is 10.3 Å². The Balaban J connectivity index is 2.27. The van der Waals surface area contributed by atoms with Crippen LogP contribution < -0.4 is 5.32 Å². The van der Waals surface area contributed by atoms with Crippen LogP contribution in [0.4, 0.5) is 0 Å². The summed E-state index contributed by atoms with van der Waals surface area (Å²) in [6.07, 6.45) is 0.396. The molecule has 1 N–H and O–H groups in total. The van der Waals surface area contributed by atoms with Gasteiger partial charge in [-0.15, -0.1) is 0 Å². The second-order valence-electron chi connectivity index (χ2n) is 5.64. The largest absolute Gasteiger partial charge is 0.345 e. The van der Waals surface area contributed by atoms with E-state index in [1.807, 2.05) is 37.3 Å². The van der Waals surface area contributed by atoms with E-state index < -0.39 is 0 Å². The van der Waals surface area contributed by atoms with E-state index in [-0.39, 0.29) is 17.7 Å². The number of pyridine rings is 1. The van der Waals surface area contributed by atoms with Gasteiger partial charge in [-0.25, -0.2) is 0 Å². The van der Waals surface area contributed by atoms with Crippen LogP contribution in [-0.4, -0.2) is 16.7 Å². The van der Waals surface area contributed by atoms with Crippen molar-refractivity contribution in [1.29, 1.82) is 0 Å². The van der Waals surface area contributed by atoms with E-state index in [1.165, 1.54) is 0 Å². The molecule has 2 aromatic rings. The van der Waals surface area contributed by atoms with Gasteiger partial charge in [-0.05, 0) is 32.4 Å². The zero-order chi connectivity index (χ0) is 17.0. The number of carbonyl (C=O) groups is 2. The summed E-state index contributed by atoms with van der Waals surface area (Å²) in [6.45, 7) is 7.32. The molecule has 1 aromatic heterocycles. The minimum Gasteiger partial charge on any atom is -0.345 e. The summed E-state index contributed by atoms with van der Waals surface area (Å²) in [5.41, 5.74) is 3.31. The summed E-state index contributed by atoms with van der Waals surface area (Å²) >= 11 is 0. The molecular weight excluding hydrogens is 288 g/mol. The van der Waals surface area contributed by atoms with Crippen molar-refractivity contribution in [3.63, 3.8) is 0 Å². The van der Waals surface area contributed by atoms with Crippen LogP contribution in [0.3, 0.4) is 0 Å². The number of nitrogens with one attached hydrogen (secondary N) is 1. The van der Waals surface area contributed by atoms with Gasteiger partial charge < -0.3 is 5.32 Å².